The number of carbonyl (C=O) groups excluding carboxylic acids is 1. The molecule has 0 bridgehead atoms. The van der Waals surface area contributed by atoms with E-state index >= 15 is 0 Å². The van der Waals surface area contributed by atoms with Gasteiger partial charge in [-0.25, -0.2) is 4.79 Å². The van der Waals surface area contributed by atoms with Crippen molar-refractivity contribution < 1.29 is 14.3 Å². The molecule has 0 amide bonds. The molecule has 0 spiro atoms. The Morgan fingerprint density at radius 2 is 1.59 bits per heavy atom. The molecule has 2 saturated carbocycles. The van der Waals surface area contributed by atoms with E-state index in [4.69, 9.17) is 4.42 Å². The van der Waals surface area contributed by atoms with Gasteiger partial charge in [-0.1, -0.05) is 38.5 Å². The van der Waals surface area contributed by atoms with Gasteiger partial charge in [0.05, 0.1) is 0 Å². The maximum absolute atomic E-state index is 12.5. The minimum atomic E-state index is -0.656. The van der Waals surface area contributed by atoms with Crippen molar-refractivity contribution in [1.82, 2.24) is 0 Å². The third-order valence-electron chi connectivity index (χ3n) is 5.18. The molecule has 22 heavy (non-hydrogen) atoms. The number of carbonyl (C=O) groups is 1. The Morgan fingerprint density at radius 3 is 2.18 bits per heavy atom. The summed E-state index contributed by atoms with van der Waals surface area (Å²) in [6.45, 7) is 0. The van der Waals surface area contributed by atoms with Crippen LogP contribution < -0.4 is 5.63 Å². The Bertz CT molecular complexity index is 590. The molecule has 1 aromatic rings. The van der Waals surface area contributed by atoms with Crippen LogP contribution in [0.5, 0.6) is 5.75 Å². The lowest BCUT2D eigenvalue weighted by molar-refractivity contribution is 0.0881. The lowest BCUT2D eigenvalue weighted by atomic mass is 9.83. The number of Topliss-reactive ketones (excluding diaryl/α,β-unsaturated/α-hetero) is 1. The summed E-state index contributed by atoms with van der Waals surface area (Å²) in [6.07, 6.45) is 10.2. The maximum atomic E-state index is 12.5. The summed E-state index contributed by atoms with van der Waals surface area (Å²) in [5.41, 5.74) is -0.789. The first-order chi connectivity index (χ1) is 10.7. The second kappa shape index (κ2) is 6.67. The van der Waals surface area contributed by atoms with Gasteiger partial charge in [-0.3, -0.25) is 4.79 Å². The highest BCUT2D eigenvalue weighted by Crippen LogP contribution is 2.35. The second-order valence-corrected chi connectivity index (χ2v) is 6.73. The van der Waals surface area contributed by atoms with Crippen molar-refractivity contribution in [3.05, 3.63) is 27.8 Å². The van der Waals surface area contributed by atoms with Gasteiger partial charge in [-0.15, -0.1) is 0 Å². The summed E-state index contributed by atoms with van der Waals surface area (Å²) in [6, 6.07) is 1.51. The van der Waals surface area contributed by atoms with Crippen LogP contribution in [0.1, 0.15) is 86.2 Å². The van der Waals surface area contributed by atoms with Gasteiger partial charge in [0.1, 0.15) is 17.1 Å². The van der Waals surface area contributed by atoms with Crippen molar-refractivity contribution in [2.75, 3.05) is 0 Å². The summed E-state index contributed by atoms with van der Waals surface area (Å²) in [5.74, 6) is 0.185. The number of hydrogen-bond donors (Lipinski definition) is 1. The SMILES string of the molecule is O=C(c1c(O)cc(C2CCCCC2)oc1=O)C1CCCCC1. The molecule has 2 fully saturated rings. The largest absolute Gasteiger partial charge is 0.507 e. The standard InChI is InChI=1S/C18H24O4/c19-14-11-15(12-7-3-1-4-8-12)22-18(21)16(14)17(20)13-9-5-2-6-10-13/h11-13,19H,1-10H2. The zero-order valence-corrected chi connectivity index (χ0v) is 13.0. The van der Waals surface area contributed by atoms with Crippen LogP contribution >= 0.6 is 0 Å². The molecular formula is C18H24O4. The zero-order valence-electron chi connectivity index (χ0n) is 13.0. The van der Waals surface area contributed by atoms with Gasteiger partial charge < -0.3 is 9.52 Å². The van der Waals surface area contributed by atoms with Gasteiger partial charge in [-0.05, 0) is 25.7 Å². The summed E-state index contributed by atoms with van der Waals surface area (Å²) >= 11 is 0. The van der Waals surface area contributed by atoms with Crippen LogP contribution in [-0.2, 0) is 0 Å². The van der Waals surface area contributed by atoms with Crippen LogP contribution in [0.15, 0.2) is 15.3 Å². The van der Waals surface area contributed by atoms with Gasteiger partial charge in [0.15, 0.2) is 5.78 Å². The molecule has 0 saturated heterocycles. The van der Waals surface area contributed by atoms with Crippen molar-refractivity contribution in [2.24, 2.45) is 5.92 Å². The number of ketones is 1. The van der Waals surface area contributed by atoms with Crippen LogP contribution in [0, 0.1) is 5.92 Å². The number of aromatic hydroxyl groups is 1. The van der Waals surface area contributed by atoms with Crippen molar-refractivity contribution in [3.63, 3.8) is 0 Å². The van der Waals surface area contributed by atoms with E-state index in [2.05, 4.69) is 0 Å². The van der Waals surface area contributed by atoms with E-state index in [0.29, 0.717) is 5.76 Å². The van der Waals surface area contributed by atoms with Crippen LogP contribution in [0.2, 0.25) is 0 Å². The van der Waals surface area contributed by atoms with E-state index in [1.54, 1.807) is 0 Å². The molecule has 1 heterocycles. The summed E-state index contributed by atoms with van der Waals surface area (Å²) in [4.78, 5) is 24.7. The van der Waals surface area contributed by atoms with Crippen LogP contribution in [0.4, 0.5) is 0 Å². The molecule has 1 aromatic heterocycles. The highest BCUT2D eigenvalue weighted by molar-refractivity contribution is 5.99. The molecule has 2 aliphatic rings. The summed E-state index contributed by atoms with van der Waals surface area (Å²) < 4.78 is 5.40. The topological polar surface area (TPSA) is 67.5 Å². The van der Waals surface area contributed by atoms with E-state index in [9.17, 15) is 14.7 Å². The van der Waals surface area contributed by atoms with E-state index in [1.807, 2.05) is 0 Å². The lowest BCUT2D eigenvalue weighted by Crippen LogP contribution is -2.24. The fraction of sp³-hybridized carbons (Fsp3) is 0.667. The Balaban J connectivity index is 1.86. The maximum Gasteiger partial charge on any atom is 0.350 e. The van der Waals surface area contributed by atoms with Crippen LogP contribution in [0.25, 0.3) is 0 Å². The Labute approximate surface area is 130 Å². The van der Waals surface area contributed by atoms with E-state index in [0.717, 1.165) is 57.8 Å². The minimum absolute atomic E-state index is 0.133. The first kappa shape index (κ1) is 15.3. The fourth-order valence-corrected chi connectivity index (χ4v) is 3.88. The van der Waals surface area contributed by atoms with Crippen molar-refractivity contribution >= 4 is 5.78 Å². The average Bonchev–Trinajstić information content (AvgIpc) is 2.55. The molecule has 0 radical (unpaired) electrons. The predicted molar refractivity (Wildman–Crippen MR) is 83.4 cm³/mol. The third-order valence-corrected chi connectivity index (χ3v) is 5.18. The summed E-state index contributed by atoms with van der Waals surface area (Å²) in [7, 11) is 0. The normalized spacial score (nSPS) is 20.9. The molecule has 4 nitrogen and oxygen atoms in total. The smallest absolute Gasteiger partial charge is 0.350 e. The molecule has 2 aliphatic carbocycles. The van der Waals surface area contributed by atoms with E-state index in [-0.39, 0.29) is 28.9 Å². The minimum Gasteiger partial charge on any atom is -0.507 e. The van der Waals surface area contributed by atoms with Gasteiger partial charge >= 0.3 is 5.63 Å². The zero-order chi connectivity index (χ0) is 15.5. The molecule has 0 atom stereocenters. The number of rotatable bonds is 3. The fourth-order valence-electron chi connectivity index (χ4n) is 3.88. The highest BCUT2D eigenvalue weighted by Gasteiger charge is 2.29. The van der Waals surface area contributed by atoms with Crippen LogP contribution in [-0.4, -0.2) is 10.9 Å². The average molecular weight is 304 g/mol. The van der Waals surface area contributed by atoms with Gasteiger partial charge in [0.25, 0.3) is 0 Å². The number of hydrogen-bond acceptors (Lipinski definition) is 4. The van der Waals surface area contributed by atoms with Crippen molar-refractivity contribution in [3.8, 4) is 5.75 Å². The molecule has 3 rings (SSSR count). The van der Waals surface area contributed by atoms with E-state index in [1.165, 1.54) is 12.5 Å². The Morgan fingerprint density at radius 1 is 1.00 bits per heavy atom. The van der Waals surface area contributed by atoms with Gasteiger partial charge in [0, 0.05) is 17.9 Å². The molecule has 0 unspecified atom stereocenters. The third kappa shape index (κ3) is 3.11. The molecule has 0 aliphatic heterocycles. The first-order valence-corrected chi connectivity index (χ1v) is 8.58. The molecule has 4 heteroatoms. The monoisotopic (exact) mass is 304 g/mol. The predicted octanol–water partition coefficient (Wildman–Crippen LogP) is 4.16. The first-order valence-electron chi connectivity index (χ1n) is 8.58. The van der Waals surface area contributed by atoms with Crippen molar-refractivity contribution in [2.45, 2.75) is 70.1 Å². The molecule has 1 N–H and O–H groups in total. The lowest BCUT2D eigenvalue weighted by Gasteiger charge is -2.22. The Hall–Kier alpha value is -1.58. The second-order valence-electron chi connectivity index (χ2n) is 6.73. The van der Waals surface area contributed by atoms with Crippen molar-refractivity contribution in [1.29, 1.82) is 0 Å². The molecular weight excluding hydrogens is 280 g/mol. The van der Waals surface area contributed by atoms with E-state index < -0.39 is 5.63 Å². The summed E-state index contributed by atoms with van der Waals surface area (Å²) in [5, 5.41) is 10.2. The molecule has 120 valence electrons. The quantitative estimate of drug-likeness (QED) is 0.852. The van der Waals surface area contributed by atoms with Crippen LogP contribution in [0.3, 0.4) is 0 Å². The van der Waals surface area contributed by atoms with Gasteiger partial charge in [0.2, 0.25) is 0 Å². The van der Waals surface area contributed by atoms with Gasteiger partial charge in [-0.2, -0.15) is 0 Å². The highest BCUT2D eigenvalue weighted by atomic mass is 16.4. The Kier molecular flexibility index (Phi) is 4.65. The molecule has 0 aromatic carbocycles.